The van der Waals surface area contributed by atoms with Gasteiger partial charge in [0.05, 0.1) is 38.6 Å². The molecule has 1 aliphatic rings. The molecule has 0 spiro atoms. The first-order valence-corrected chi connectivity index (χ1v) is 13.4. The van der Waals surface area contributed by atoms with Gasteiger partial charge in [0.15, 0.2) is 11.5 Å². The lowest BCUT2D eigenvalue weighted by Gasteiger charge is -2.13. The van der Waals surface area contributed by atoms with E-state index in [4.69, 9.17) is 32.7 Å². The third-order valence-corrected chi connectivity index (χ3v) is 7.96. The fourth-order valence-electron chi connectivity index (χ4n) is 3.30. The van der Waals surface area contributed by atoms with Crippen LogP contribution in [0.4, 0.5) is 4.79 Å². The van der Waals surface area contributed by atoms with E-state index in [2.05, 4.69) is 31.9 Å². The summed E-state index contributed by atoms with van der Waals surface area (Å²) in [6.45, 7) is 0.0653. The number of methoxy groups -OCH3 is 1. The van der Waals surface area contributed by atoms with Crippen molar-refractivity contribution in [2.45, 2.75) is 6.54 Å². The maximum absolute atomic E-state index is 13.0. The Morgan fingerprint density at radius 1 is 1.03 bits per heavy atom. The van der Waals surface area contributed by atoms with Crippen LogP contribution in [0.15, 0.2) is 68.4 Å². The maximum atomic E-state index is 13.0. The summed E-state index contributed by atoms with van der Waals surface area (Å²) < 4.78 is 12.0. The summed E-state index contributed by atoms with van der Waals surface area (Å²) in [6.07, 6.45) is 1.58. The minimum absolute atomic E-state index is 0.0653. The standard InChI is InChI=1S/C25H15Br2Cl2NO5S/c1-34-20-10-14(8-17(27)22(20)35-24(32)15-4-2-3-5-16(15)26)11-21-23(31)30(25(33)36-21)12-13-6-7-18(28)19(29)9-13/h2-11H,12H2,1H3/b21-11-. The van der Waals surface area contributed by atoms with Gasteiger partial charge in [-0.05, 0) is 97.2 Å². The number of thioether (sulfide) groups is 1. The SMILES string of the molecule is COc1cc(/C=C2\SC(=O)N(Cc3ccc(Cl)c(Cl)c3)C2=O)cc(Br)c1OC(=O)c1ccccc1Br. The van der Waals surface area contributed by atoms with Gasteiger partial charge in [-0.3, -0.25) is 14.5 Å². The topological polar surface area (TPSA) is 72.9 Å². The van der Waals surface area contributed by atoms with E-state index in [1.165, 1.54) is 7.11 Å². The Morgan fingerprint density at radius 3 is 2.47 bits per heavy atom. The van der Waals surface area contributed by atoms with Crippen LogP contribution in [0, 0.1) is 0 Å². The number of imide groups is 1. The summed E-state index contributed by atoms with van der Waals surface area (Å²) in [7, 11) is 1.44. The van der Waals surface area contributed by atoms with E-state index in [1.54, 1.807) is 60.7 Å². The van der Waals surface area contributed by atoms with Crippen LogP contribution in [0.3, 0.4) is 0 Å². The van der Waals surface area contributed by atoms with Crippen molar-refractivity contribution in [3.05, 3.63) is 95.2 Å². The highest BCUT2D eigenvalue weighted by molar-refractivity contribution is 9.10. The maximum Gasteiger partial charge on any atom is 0.344 e. The zero-order valence-corrected chi connectivity index (χ0v) is 23.9. The molecule has 0 aliphatic carbocycles. The lowest BCUT2D eigenvalue weighted by molar-refractivity contribution is -0.123. The molecule has 0 saturated carbocycles. The molecule has 11 heteroatoms. The van der Waals surface area contributed by atoms with Gasteiger partial charge in [0.1, 0.15) is 0 Å². The van der Waals surface area contributed by atoms with Gasteiger partial charge in [0, 0.05) is 4.47 Å². The van der Waals surface area contributed by atoms with Crippen LogP contribution in [-0.4, -0.2) is 29.1 Å². The predicted octanol–water partition coefficient (Wildman–Crippen LogP) is 7.98. The molecule has 2 amide bonds. The van der Waals surface area contributed by atoms with E-state index in [9.17, 15) is 14.4 Å². The zero-order chi connectivity index (χ0) is 26.0. The minimum atomic E-state index is -0.572. The van der Waals surface area contributed by atoms with Crippen molar-refractivity contribution in [3.8, 4) is 11.5 Å². The Kier molecular flexibility index (Phi) is 8.47. The summed E-state index contributed by atoms with van der Waals surface area (Å²) in [4.78, 5) is 39.6. The molecule has 0 N–H and O–H groups in total. The summed E-state index contributed by atoms with van der Waals surface area (Å²) in [5.41, 5.74) is 1.60. The second kappa shape index (κ2) is 11.4. The number of hydrogen-bond donors (Lipinski definition) is 0. The molecule has 1 heterocycles. The number of esters is 1. The van der Waals surface area contributed by atoms with E-state index in [1.807, 2.05) is 0 Å². The van der Waals surface area contributed by atoms with Gasteiger partial charge in [-0.25, -0.2) is 4.79 Å². The van der Waals surface area contributed by atoms with Crippen molar-refractivity contribution in [2.24, 2.45) is 0 Å². The van der Waals surface area contributed by atoms with E-state index >= 15 is 0 Å². The van der Waals surface area contributed by atoms with Crippen LogP contribution in [0.5, 0.6) is 11.5 Å². The number of carbonyl (C=O) groups excluding carboxylic acids is 3. The van der Waals surface area contributed by atoms with E-state index in [0.29, 0.717) is 35.7 Å². The normalized spacial score (nSPS) is 14.5. The van der Waals surface area contributed by atoms with Crippen molar-refractivity contribution in [1.82, 2.24) is 4.90 Å². The monoisotopic (exact) mass is 669 g/mol. The highest BCUT2D eigenvalue weighted by Crippen LogP contribution is 2.40. The molecule has 0 radical (unpaired) electrons. The smallest absolute Gasteiger partial charge is 0.344 e. The van der Waals surface area contributed by atoms with Crippen LogP contribution in [-0.2, 0) is 11.3 Å². The molecule has 1 fully saturated rings. The number of carbonyl (C=O) groups is 3. The number of hydrogen-bond acceptors (Lipinski definition) is 6. The molecular weight excluding hydrogens is 657 g/mol. The van der Waals surface area contributed by atoms with Gasteiger partial charge in [0.25, 0.3) is 11.1 Å². The summed E-state index contributed by atoms with van der Waals surface area (Å²) in [5.74, 6) is -0.553. The van der Waals surface area contributed by atoms with Crippen LogP contribution >= 0.6 is 66.8 Å². The molecule has 6 nitrogen and oxygen atoms in total. The molecule has 1 aliphatic heterocycles. The van der Waals surface area contributed by atoms with E-state index in [0.717, 1.165) is 16.7 Å². The van der Waals surface area contributed by atoms with Crippen LogP contribution in [0.2, 0.25) is 10.0 Å². The molecule has 3 aromatic rings. The zero-order valence-electron chi connectivity index (χ0n) is 18.4. The van der Waals surface area contributed by atoms with Crippen LogP contribution in [0.1, 0.15) is 21.5 Å². The van der Waals surface area contributed by atoms with Gasteiger partial charge in [-0.15, -0.1) is 0 Å². The van der Waals surface area contributed by atoms with Gasteiger partial charge >= 0.3 is 5.97 Å². The fourth-order valence-corrected chi connectivity index (χ4v) is 5.45. The lowest BCUT2D eigenvalue weighted by atomic mass is 10.1. The minimum Gasteiger partial charge on any atom is -0.493 e. The molecule has 0 aromatic heterocycles. The quantitative estimate of drug-likeness (QED) is 0.150. The molecule has 0 atom stereocenters. The first-order valence-electron chi connectivity index (χ1n) is 10.2. The van der Waals surface area contributed by atoms with Crippen molar-refractivity contribution >= 4 is 90.0 Å². The number of rotatable bonds is 6. The van der Waals surface area contributed by atoms with Gasteiger partial charge in [-0.1, -0.05) is 41.4 Å². The molecular formula is C25H15Br2Cl2NO5S. The molecule has 4 rings (SSSR count). The van der Waals surface area contributed by atoms with Crippen LogP contribution < -0.4 is 9.47 Å². The average Bonchev–Trinajstić information content (AvgIpc) is 3.10. The Morgan fingerprint density at radius 2 is 1.78 bits per heavy atom. The van der Waals surface area contributed by atoms with Crippen molar-refractivity contribution in [3.63, 3.8) is 0 Å². The van der Waals surface area contributed by atoms with E-state index in [-0.39, 0.29) is 22.9 Å². The largest absolute Gasteiger partial charge is 0.493 e. The predicted molar refractivity (Wildman–Crippen MR) is 148 cm³/mol. The second-order valence-corrected chi connectivity index (χ2v) is 10.9. The van der Waals surface area contributed by atoms with Crippen molar-refractivity contribution in [1.29, 1.82) is 0 Å². The molecule has 0 unspecified atom stereocenters. The van der Waals surface area contributed by atoms with Gasteiger partial charge in [-0.2, -0.15) is 0 Å². The molecule has 1 saturated heterocycles. The first-order chi connectivity index (χ1) is 17.2. The Balaban J connectivity index is 1.57. The number of benzene rings is 3. The summed E-state index contributed by atoms with van der Waals surface area (Å²) >= 11 is 19.6. The summed E-state index contributed by atoms with van der Waals surface area (Å²) in [6, 6.07) is 15.1. The Bertz CT molecular complexity index is 1430. The second-order valence-electron chi connectivity index (χ2n) is 7.42. The van der Waals surface area contributed by atoms with Crippen molar-refractivity contribution in [2.75, 3.05) is 7.11 Å². The van der Waals surface area contributed by atoms with Crippen molar-refractivity contribution < 1.29 is 23.9 Å². The summed E-state index contributed by atoms with van der Waals surface area (Å²) in [5, 5.41) is 0.330. The number of nitrogens with zero attached hydrogens (tertiary/aromatic N) is 1. The van der Waals surface area contributed by atoms with E-state index < -0.39 is 17.1 Å². The lowest BCUT2D eigenvalue weighted by Crippen LogP contribution is -2.27. The number of halogens is 4. The molecule has 0 bridgehead atoms. The first kappa shape index (κ1) is 26.8. The van der Waals surface area contributed by atoms with Crippen LogP contribution in [0.25, 0.3) is 6.08 Å². The molecule has 3 aromatic carbocycles. The Hall–Kier alpha value is -2.30. The van der Waals surface area contributed by atoms with Gasteiger partial charge in [0.2, 0.25) is 0 Å². The Labute approximate surface area is 237 Å². The average molecular weight is 672 g/mol. The fraction of sp³-hybridized carbons (Fsp3) is 0.0800. The highest BCUT2D eigenvalue weighted by atomic mass is 79.9. The molecule has 36 heavy (non-hydrogen) atoms. The number of amides is 2. The third-order valence-electron chi connectivity index (χ3n) is 5.04. The van der Waals surface area contributed by atoms with Gasteiger partial charge < -0.3 is 9.47 Å². The third kappa shape index (κ3) is 5.81. The number of ether oxygens (including phenoxy) is 2. The molecule has 184 valence electrons. The highest BCUT2D eigenvalue weighted by Gasteiger charge is 2.35.